The number of nitrogens with one attached hydrogen (secondary N) is 1. The second-order valence-electron chi connectivity index (χ2n) is 7.72. The van der Waals surface area contributed by atoms with Gasteiger partial charge in [-0.2, -0.15) is 4.31 Å². The molecule has 0 spiro atoms. The standard InChI is InChI=1S/C22H25ClN2O7S/c1-13-19(22(28)31-3)14(2)24-20(13)18(26)12-32-21(27)16-11-15(7-8-17(16)23)33(29,30)25-9-5-4-6-10-25/h7-8,11,24H,4-6,9-10,12H2,1-3H3. The number of halogens is 1. The van der Waals surface area contributed by atoms with Crippen molar-refractivity contribution in [3.8, 4) is 0 Å². The van der Waals surface area contributed by atoms with Gasteiger partial charge in [-0.15, -0.1) is 0 Å². The normalized spacial score (nSPS) is 14.7. The number of rotatable bonds is 7. The lowest BCUT2D eigenvalue weighted by atomic mass is 10.1. The Morgan fingerprint density at radius 2 is 1.76 bits per heavy atom. The van der Waals surface area contributed by atoms with Crippen LogP contribution in [0.5, 0.6) is 0 Å². The highest BCUT2D eigenvalue weighted by molar-refractivity contribution is 7.89. The van der Waals surface area contributed by atoms with Crippen LogP contribution in [0, 0.1) is 13.8 Å². The topological polar surface area (TPSA) is 123 Å². The molecule has 1 aliphatic heterocycles. The monoisotopic (exact) mass is 496 g/mol. The molecule has 1 fully saturated rings. The lowest BCUT2D eigenvalue weighted by Crippen LogP contribution is -2.35. The van der Waals surface area contributed by atoms with Gasteiger partial charge in [0, 0.05) is 18.8 Å². The minimum Gasteiger partial charge on any atom is -0.465 e. The van der Waals surface area contributed by atoms with Crippen LogP contribution in [0.1, 0.15) is 61.7 Å². The number of nitrogens with zero attached hydrogens (tertiary/aromatic N) is 1. The molecule has 0 saturated carbocycles. The van der Waals surface area contributed by atoms with Gasteiger partial charge in [-0.1, -0.05) is 18.0 Å². The molecule has 1 saturated heterocycles. The van der Waals surface area contributed by atoms with Gasteiger partial charge in [-0.3, -0.25) is 4.79 Å². The largest absolute Gasteiger partial charge is 0.465 e. The maximum Gasteiger partial charge on any atom is 0.340 e. The molecule has 3 rings (SSSR count). The quantitative estimate of drug-likeness (QED) is 0.461. The van der Waals surface area contributed by atoms with E-state index in [9.17, 15) is 22.8 Å². The molecule has 2 aromatic rings. The number of hydrogen-bond donors (Lipinski definition) is 1. The molecule has 0 amide bonds. The summed E-state index contributed by atoms with van der Waals surface area (Å²) >= 11 is 6.11. The summed E-state index contributed by atoms with van der Waals surface area (Å²) in [6.07, 6.45) is 2.53. The molecule has 2 heterocycles. The van der Waals surface area contributed by atoms with E-state index in [1.54, 1.807) is 13.8 Å². The minimum atomic E-state index is -3.78. The van der Waals surface area contributed by atoms with Gasteiger partial charge in [0.1, 0.15) is 0 Å². The highest BCUT2D eigenvalue weighted by Gasteiger charge is 2.28. The van der Waals surface area contributed by atoms with Gasteiger partial charge >= 0.3 is 11.9 Å². The Labute approximate surface area is 197 Å². The number of H-pyrrole nitrogens is 1. The molecular weight excluding hydrogens is 472 g/mol. The summed E-state index contributed by atoms with van der Waals surface area (Å²) in [6, 6.07) is 3.82. The Kier molecular flexibility index (Phi) is 7.61. The average Bonchev–Trinajstić information content (AvgIpc) is 3.11. The maximum absolute atomic E-state index is 12.9. The molecule has 1 aromatic heterocycles. The number of piperidine rings is 1. The van der Waals surface area contributed by atoms with E-state index in [-0.39, 0.29) is 26.7 Å². The highest BCUT2D eigenvalue weighted by atomic mass is 35.5. The number of sulfonamides is 1. The molecule has 0 radical (unpaired) electrons. The predicted molar refractivity (Wildman–Crippen MR) is 120 cm³/mol. The zero-order chi connectivity index (χ0) is 24.3. The van der Waals surface area contributed by atoms with Crippen molar-refractivity contribution in [1.82, 2.24) is 9.29 Å². The van der Waals surface area contributed by atoms with E-state index in [1.807, 2.05) is 0 Å². The Morgan fingerprint density at radius 1 is 1.09 bits per heavy atom. The first-order valence-corrected chi connectivity index (χ1v) is 12.2. The first-order chi connectivity index (χ1) is 15.6. The van der Waals surface area contributed by atoms with Gasteiger partial charge < -0.3 is 14.5 Å². The van der Waals surface area contributed by atoms with Gasteiger partial charge in [0.25, 0.3) is 0 Å². The molecule has 0 bridgehead atoms. The summed E-state index contributed by atoms with van der Waals surface area (Å²) in [5.41, 5.74) is 1.04. The van der Waals surface area contributed by atoms with E-state index in [1.165, 1.54) is 29.6 Å². The number of methoxy groups -OCH3 is 1. The number of hydrogen-bond acceptors (Lipinski definition) is 7. The van der Waals surface area contributed by atoms with Crippen molar-refractivity contribution in [1.29, 1.82) is 0 Å². The second-order valence-corrected chi connectivity index (χ2v) is 10.1. The summed E-state index contributed by atoms with van der Waals surface area (Å²) in [6.45, 7) is 3.41. The van der Waals surface area contributed by atoms with Gasteiger partial charge in [0.15, 0.2) is 6.61 Å². The van der Waals surface area contributed by atoms with E-state index >= 15 is 0 Å². The summed E-state index contributed by atoms with van der Waals surface area (Å²) in [5, 5.41) is 0.00455. The molecule has 11 heteroatoms. The van der Waals surface area contributed by atoms with Crippen molar-refractivity contribution in [2.45, 2.75) is 38.0 Å². The van der Waals surface area contributed by atoms with E-state index in [0.29, 0.717) is 24.3 Å². The zero-order valence-electron chi connectivity index (χ0n) is 18.6. The number of carbonyl (C=O) groups excluding carboxylic acids is 3. The lowest BCUT2D eigenvalue weighted by Gasteiger charge is -2.26. The molecule has 1 N–H and O–H groups in total. The van der Waals surface area contributed by atoms with Crippen LogP contribution in [0.15, 0.2) is 23.1 Å². The Hall–Kier alpha value is -2.69. The third kappa shape index (κ3) is 5.13. The number of benzene rings is 1. The van der Waals surface area contributed by atoms with E-state index in [2.05, 4.69) is 4.98 Å². The molecule has 1 aromatic carbocycles. The Bertz CT molecular complexity index is 1200. The van der Waals surface area contributed by atoms with Crippen molar-refractivity contribution in [2.75, 3.05) is 26.8 Å². The van der Waals surface area contributed by atoms with Crippen LogP contribution in [0.2, 0.25) is 5.02 Å². The van der Waals surface area contributed by atoms with Gasteiger partial charge in [-0.05, 0) is 50.5 Å². The third-order valence-corrected chi connectivity index (χ3v) is 7.77. The number of aromatic nitrogens is 1. The van der Waals surface area contributed by atoms with Crippen LogP contribution in [-0.2, 0) is 19.5 Å². The van der Waals surface area contributed by atoms with Crippen LogP contribution in [-0.4, -0.2) is 62.2 Å². The number of carbonyl (C=O) groups is 3. The predicted octanol–water partition coefficient (Wildman–Crippen LogP) is 3.29. The fourth-order valence-electron chi connectivity index (χ4n) is 3.79. The molecule has 1 aliphatic rings. The number of ether oxygens (including phenoxy) is 2. The van der Waals surface area contributed by atoms with Gasteiger partial charge in [-0.25, -0.2) is 18.0 Å². The second kappa shape index (κ2) is 10.1. The molecule has 0 atom stereocenters. The molecule has 33 heavy (non-hydrogen) atoms. The number of Topliss-reactive ketones (excluding diaryl/α,β-unsaturated/α-hetero) is 1. The number of aryl methyl sites for hydroxylation is 1. The molecule has 0 aliphatic carbocycles. The van der Waals surface area contributed by atoms with E-state index in [0.717, 1.165) is 19.3 Å². The van der Waals surface area contributed by atoms with Crippen molar-refractivity contribution < 1.29 is 32.3 Å². The van der Waals surface area contributed by atoms with Crippen molar-refractivity contribution in [2.24, 2.45) is 0 Å². The number of ketones is 1. The van der Waals surface area contributed by atoms with E-state index in [4.69, 9.17) is 21.1 Å². The SMILES string of the molecule is COC(=O)c1c(C)[nH]c(C(=O)COC(=O)c2cc(S(=O)(=O)N3CCCCC3)ccc2Cl)c1C. The minimum absolute atomic E-state index is 0.00455. The summed E-state index contributed by atoms with van der Waals surface area (Å²) in [5.74, 6) is -2.08. The molecule has 9 nitrogen and oxygen atoms in total. The van der Waals surface area contributed by atoms with Crippen LogP contribution in [0.25, 0.3) is 0 Å². The van der Waals surface area contributed by atoms with Crippen molar-refractivity contribution in [3.05, 3.63) is 51.3 Å². The first kappa shape index (κ1) is 24.9. The smallest absolute Gasteiger partial charge is 0.340 e. The van der Waals surface area contributed by atoms with Crippen molar-refractivity contribution in [3.63, 3.8) is 0 Å². The van der Waals surface area contributed by atoms with Gasteiger partial charge in [0.2, 0.25) is 15.8 Å². The summed E-state index contributed by atoms with van der Waals surface area (Å²) < 4.78 is 37.0. The van der Waals surface area contributed by atoms with Crippen LogP contribution in [0.4, 0.5) is 0 Å². The average molecular weight is 497 g/mol. The van der Waals surface area contributed by atoms with Gasteiger partial charge in [0.05, 0.1) is 33.8 Å². The third-order valence-electron chi connectivity index (χ3n) is 5.55. The molecular formula is C22H25ClN2O7S. The van der Waals surface area contributed by atoms with Crippen LogP contribution < -0.4 is 0 Å². The Morgan fingerprint density at radius 3 is 2.39 bits per heavy atom. The fraction of sp³-hybridized carbons (Fsp3) is 0.409. The summed E-state index contributed by atoms with van der Waals surface area (Å²) in [7, 11) is -2.54. The van der Waals surface area contributed by atoms with E-state index < -0.39 is 34.4 Å². The summed E-state index contributed by atoms with van der Waals surface area (Å²) in [4.78, 5) is 39.9. The fourth-order valence-corrected chi connectivity index (χ4v) is 5.53. The number of aromatic amines is 1. The zero-order valence-corrected chi connectivity index (χ0v) is 20.1. The lowest BCUT2D eigenvalue weighted by molar-refractivity contribution is 0.0473. The Balaban J connectivity index is 1.77. The first-order valence-electron chi connectivity index (χ1n) is 10.4. The van der Waals surface area contributed by atoms with Crippen molar-refractivity contribution >= 4 is 39.3 Å². The maximum atomic E-state index is 12.9. The van der Waals surface area contributed by atoms with Crippen LogP contribution in [0.3, 0.4) is 0 Å². The number of esters is 2. The molecule has 0 unspecified atom stereocenters. The van der Waals surface area contributed by atoms with Crippen LogP contribution >= 0.6 is 11.6 Å². The molecule has 178 valence electrons. The highest BCUT2D eigenvalue weighted by Crippen LogP contribution is 2.26.